The topological polar surface area (TPSA) is 271 Å². The lowest BCUT2D eigenvalue weighted by Gasteiger charge is -2.32. The average molecular weight is 1550 g/mol. The number of hydrogen-bond acceptors (Lipinski definition) is 21. The molecule has 0 saturated carbocycles. The number of nitrogens with one attached hydrogen (secondary N) is 2. The molecule has 25 nitrogen and oxygen atoms in total. The fourth-order valence-electron chi connectivity index (χ4n) is 10.3. The predicted molar refractivity (Wildman–Crippen MR) is 389 cm³/mol. The van der Waals surface area contributed by atoms with E-state index in [1.54, 1.807) is 79.7 Å². The van der Waals surface area contributed by atoms with Crippen molar-refractivity contribution >= 4 is 127 Å². The molecule has 10 aromatic rings. The van der Waals surface area contributed by atoms with E-state index in [2.05, 4.69) is 71.6 Å². The van der Waals surface area contributed by atoms with Crippen molar-refractivity contribution in [2.75, 3.05) is 37.2 Å². The van der Waals surface area contributed by atoms with Crippen LogP contribution in [0, 0.1) is 11.6 Å². The molecule has 0 aliphatic carbocycles. The van der Waals surface area contributed by atoms with E-state index in [1.807, 2.05) is 123 Å². The van der Waals surface area contributed by atoms with E-state index in [9.17, 15) is 23.2 Å². The summed E-state index contributed by atoms with van der Waals surface area (Å²) < 4.78 is 57.5. The number of hydrogen-bond donors (Lipinski definition) is 3. The van der Waals surface area contributed by atoms with Crippen molar-refractivity contribution in [2.24, 2.45) is 0 Å². The number of benzene rings is 2. The Morgan fingerprint density at radius 3 is 1.46 bits per heavy atom. The zero-order chi connectivity index (χ0) is 71.7. The zero-order valence-electron chi connectivity index (χ0n) is 56.6. The molecule has 35 heteroatoms. The van der Waals surface area contributed by atoms with Crippen LogP contribution in [0.3, 0.4) is 0 Å². The van der Waals surface area contributed by atoms with Crippen LogP contribution in [0.1, 0.15) is 92.0 Å². The van der Waals surface area contributed by atoms with Gasteiger partial charge in [-0.15, -0.1) is 45.3 Å². The molecule has 1 fully saturated rings. The van der Waals surface area contributed by atoms with Crippen molar-refractivity contribution in [3.63, 3.8) is 0 Å². The molecule has 5 aliphatic heterocycles. The van der Waals surface area contributed by atoms with Gasteiger partial charge in [0.1, 0.15) is 37.9 Å². The van der Waals surface area contributed by atoms with Gasteiger partial charge in [0.25, 0.3) is 0 Å². The maximum Gasteiger partial charge on any atom is 0.498 e. The summed E-state index contributed by atoms with van der Waals surface area (Å²) in [4.78, 5) is 59.0. The Morgan fingerprint density at radius 2 is 1.02 bits per heavy atom. The number of thiazole rings is 4. The maximum atomic E-state index is 13.2. The number of anilines is 2. The number of nitrogens with zero attached hydrogens (tertiary/aromatic N) is 15. The standard InChI is InChI=1S/C17H28BN3O4.C16H13ClFN5OS.C14H18N4O2S.C9H10N4S.C6H5ClFN.C3H2BrNS/c1-15(2,3)23-14(22)20-8-9-21-13(11-20)12(10-19-21)18-24-16(4,5)17(6,7)25-18;17-12-7-10(1-2-13(12)18)21-16(24)22-4-5-23-14(9-22)11(8-20-23)15-19-3-6-25-15;1-14(2,3)20-13(19)17-5-6-18-11(9-17)10(8-16-18)12-15-4-7-21-12;1-3-13-8(6-10-1)7(5-12-13)9-11-2-4-14-9;7-5-3-4(9)1-2-6(5)8;4-3-5-1-2-6-3/h10H,8-9,11H2,1-7H3;1-3,6-8H,4-5,9H2,(H,21,24);4,7-8H,5-6,9H2,1-3H3;2,4-5,10H,1,3,6H2;1-3H,9H2;1-2H. The summed E-state index contributed by atoms with van der Waals surface area (Å²) in [5.74, 6) is -0.958. The number of carbonyl (C=O) groups excluding carboxylic acids is 3. The minimum Gasteiger partial charge on any atom is -0.444 e. The summed E-state index contributed by atoms with van der Waals surface area (Å²) >= 11 is 20.7. The van der Waals surface area contributed by atoms with E-state index in [-0.39, 0.29) is 28.3 Å². The summed E-state index contributed by atoms with van der Waals surface area (Å²) in [7, 11) is -0.479. The molecule has 5 aliphatic rings. The van der Waals surface area contributed by atoms with E-state index >= 15 is 0 Å². The number of nitrogen functional groups attached to an aromatic ring is 1. The Labute approximate surface area is 612 Å². The second kappa shape index (κ2) is 32.5. The number of halogens is 5. The molecule has 0 radical (unpaired) electrons. The molecule has 8 aromatic heterocycles. The van der Waals surface area contributed by atoms with Crippen LogP contribution in [0.4, 0.5) is 34.5 Å². The smallest absolute Gasteiger partial charge is 0.444 e. The van der Waals surface area contributed by atoms with E-state index in [4.69, 9.17) is 47.7 Å². The number of urea groups is 1. The van der Waals surface area contributed by atoms with Crippen LogP contribution >= 0.6 is 84.5 Å². The number of carbonyl (C=O) groups is 3. The number of aromatic nitrogens is 12. The molecule has 15 rings (SSSR count). The number of amides is 4. The molecule has 100 heavy (non-hydrogen) atoms. The minimum atomic E-state index is -0.519. The molecule has 4 amide bonds. The monoisotopic (exact) mass is 1550 g/mol. The predicted octanol–water partition coefficient (Wildman–Crippen LogP) is 13.6. The van der Waals surface area contributed by atoms with Crippen LogP contribution in [-0.2, 0) is 71.1 Å². The van der Waals surface area contributed by atoms with E-state index in [0.29, 0.717) is 70.3 Å². The van der Waals surface area contributed by atoms with Crippen molar-refractivity contribution in [3.05, 3.63) is 156 Å². The lowest BCUT2D eigenvalue weighted by atomic mass is 9.79. The summed E-state index contributed by atoms with van der Waals surface area (Å²) in [6.07, 6.45) is 13.8. The molecule has 0 unspecified atom stereocenters. The molecule has 1 saturated heterocycles. The second-order valence-electron chi connectivity index (χ2n) is 26.0. The number of nitrogens with two attached hydrogens (primary N) is 1. The third-order valence-electron chi connectivity index (χ3n) is 16.0. The van der Waals surface area contributed by atoms with Gasteiger partial charge in [-0.3, -0.25) is 18.7 Å². The molecule has 0 spiro atoms. The zero-order valence-corrected chi connectivity index (χ0v) is 63.0. The highest BCUT2D eigenvalue weighted by Gasteiger charge is 2.53. The summed E-state index contributed by atoms with van der Waals surface area (Å²) in [6, 6.07) is 7.90. The van der Waals surface area contributed by atoms with E-state index in [0.717, 1.165) is 72.2 Å². The highest BCUT2D eigenvalue weighted by Crippen LogP contribution is 2.38. The Bertz CT molecular complexity index is 4360. The fourth-order valence-corrected chi connectivity index (χ4v) is 13.5. The van der Waals surface area contributed by atoms with Crippen LogP contribution in [0.5, 0.6) is 0 Å². The lowest BCUT2D eigenvalue weighted by molar-refractivity contribution is 0.00578. The Hall–Kier alpha value is -7.73. The third kappa shape index (κ3) is 19.3. The SMILES string of the molecule is Brc1nccs1.CC(C)(C)OC(=O)N1CCn2ncc(-c3nccs3)c2C1.CC(C)(C)OC(=O)N1CCn2ncc(B3OC(C)(C)C(C)(C)O3)c2C1.Nc1ccc(F)c(Cl)c1.O=C(Nc1ccc(F)c(Cl)c1)N1CCn2ncc(-c3nccs3)c2C1.c1csc(-c2cnn3c2CNCC3)n1. The van der Waals surface area contributed by atoms with E-state index < -0.39 is 41.2 Å². The molecule has 2 aromatic carbocycles. The molecule has 530 valence electrons. The fraction of sp³-hybridized carbons (Fsp3) is 0.400. The van der Waals surface area contributed by atoms with Crippen molar-refractivity contribution in [1.29, 1.82) is 0 Å². The van der Waals surface area contributed by atoms with Gasteiger partial charge in [-0.2, -0.15) is 20.4 Å². The average Bonchev–Trinajstić information content (AvgIpc) is 1.61. The minimum absolute atomic E-state index is 0.0272. The first-order valence-corrected chi connectivity index (χ1v) is 36.7. The first-order valence-electron chi connectivity index (χ1n) is 31.7. The Kier molecular flexibility index (Phi) is 24.4. The molecule has 4 N–H and O–H groups in total. The Morgan fingerprint density at radius 1 is 0.590 bits per heavy atom. The van der Waals surface area contributed by atoms with Gasteiger partial charge in [0.2, 0.25) is 0 Å². The highest BCUT2D eigenvalue weighted by molar-refractivity contribution is 9.11. The number of fused-ring (bicyclic) bond motifs is 4. The van der Waals surface area contributed by atoms with Crippen LogP contribution < -0.4 is 21.8 Å². The largest absolute Gasteiger partial charge is 0.498 e. The highest BCUT2D eigenvalue weighted by atomic mass is 79.9. The Balaban J connectivity index is 0.000000136. The summed E-state index contributed by atoms with van der Waals surface area (Å²) in [5.41, 5.74) is 12.6. The van der Waals surface area contributed by atoms with E-state index in [1.165, 1.54) is 59.0 Å². The second-order valence-corrected chi connectivity index (χ2v) is 31.6. The van der Waals surface area contributed by atoms with Crippen LogP contribution in [0.25, 0.3) is 31.7 Å². The van der Waals surface area contributed by atoms with Crippen molar-refractivity contribution in [3.8, 4) is 31.7 Å². The van der Waals surface area contributed by atoms with Gasteiger partial charge in [-0.05, 0) is 122 Å². The number of ether oxygens (including phenoxy) is 2. The van der Waals surface area contributed by atoms with Gasteiger partial charge >= 0.3 is 25.3 Å². The quantitative estimate of drug-likeness (QED) is 0.107. The third-order valence-corrected chi connectivity index (χ3v) is 20.3. The molecule has 13 heterocycles. The van der Waals surface area contributed by atoms with Gasteiger partial charge in [0.05, 0.1) is 125 Å². The van der Waals surface area contributed by atoms with Crippen molar-refractivity contribution in [2.45, 2.75) is 144 Å². The van der Waals surface area contributed by atoms with Crippen molar-refractivity contribution in [1.82, 2.24) is 79.1 Å². The van der Waals surface area contributed by atoms with Gasteiger partial charge in [-0.1, -0.05) is 23.2 Å². The van der Waals surface area contributed by atoms with Crippen LogP contribution in [0.15, 0.2) is 111 Å². The van der Waals surface area contributed by atoms with Gasteiger partial charge in [-0.25, -0.2) is 43.1 Å². The molecular weight excluding hydrogens is 1470 g/mol. The summed E-state index contributed by atoms with van der Waals surface area (Å²) in [5, 5.41) is 34.3. The molecular formula is C65H76BBrCl2F2N18O7S4. The van der Waals surface area contributed by atoms with Gasteiger partial charge < -0.3 is 49.8 Å². The first-order chi connectivity index (χ1) is 47.5. The number of rotatable bonds is 5. The van der Waals surface area contributed by atoms with Gasteiger partial charge in [0.15, 0.2) is 3.92 Å². The van der Waals surface area contributed by atoms with Crippen molar-refractivity contribution < 1.29 is 41.9 Å². The summed E-state index contributed by atoms with van der Waals surface area (Å²) in [6.45, 7) is 27.2. The normalized spacial score (nSPS) is 15.6. The lowest BCUT2D eigenvalue weighted by Crippen LogP contribution is -2.45. The van der Waals surface area contributed by atoms with Gasteiger partial charge in [0, 0.05) is 102 Å². The van der Waals surface area contributed by atoms with Crippen LogP contribution in [0.2, 0.25) is 10.0 Å². The first kappa shape index (κ1) is 75.0. The molecule has 0 atom stereocenters. The van der Waals surface area contributed by atoms with Crippen LogP contribution in [-0.4, -0.2) is 148 Å². The molecule has 0 bridgehead atoms. The maximum absolute atomic E-state index is 13.2.